The summed E-state index contributed by atoms with van der Waals surface area (Å²) in [5.74, 6) is 1.36. The van der Waals surface area contributed by atoms with Gasteiger partial charge in [0.2, 0.25) is 17.8 Å². The molecule has 0 saturated heterocycles. The predicted molar refractivity (Wildman–Crippen MR) is 100 cm³/mol. The number of rotatable bonds is 5. The summed E-state index contributed by atoms with van der Waals surface area (Å²) in [6.07, 6.45) is 0. The predicted octanol–water partition coefficient (Wildman–Crippen LogP) is 1.02. The molecule has 2 aromatic carbocycles. The lowest BCUT2D eigenvalue weighted by molar-refractivity contribution is -0.684. The van der Waals surface area contributed by atoms with Crippen LogP contribution in [0, 0.1) is 20.8 Å². The molecule has 138 valence electrons. The minimum Gasteiger partial charge on any atom is -1.00 e. The zero-order chi connectivity index (χ0) is 18.1. The van der Waals surface area contributed by atoms with Crippen molar-refractivity contribution in [2.75, 3.05) is 14.2 Å². The summed E-state index contributed by atoms with van der Waals surface area (Å²) in [4.78, 5) is 14.4. The largest absolute Gasteiger partial charge is 1.00 e. The molecule has 1 aromatic heterocycles. The Morgan fingerprint density at radius 2 is 1.62 bits per heavy atom. The summed E-state index contributed by atoms with van der Waals surface area (Å²) in [6, 6.07) is 7.84. The molecule has 0 aliphatic heterocycles. The van der Waals surface area contributed by atoms with Gasteiger partial charge in [0.25, 0.3) is 0 Å². The van der Waals surface area contributed by atoms with Gasteiger partial charge < -0.3 is 26.5 Å². The second-order valence-electron chi connectivity index (χ2n) is 6.03. The van der Waals surface area contributed by atoms with Crippen molar-refractivity contribution in [2.24, 2.45) is 0 Å². The fourth-order valence-corrected chi connectivity index (χ4v) is 4.02. The van der Waals surface area contributed by atoms with Gasteiger partial charge in [-0.05, 0) is 13.8 Å². The molecular formula is C20H22BrNO3S. The highest BCUT2D eigenvalue weighted by Gasteiger charge is 2.26. The van der Waals surface area contributed by atoms with Crippen molar-refractivity contribution in [1.29, 1.82) is 0 Å². The number of nitrogens with zero attached hydrogens (tertiary/aromatic N) is 1. The van der Waals surface area contributed by atoms with Gasteiger partial charge in [-0.2, -0.15) is 4.57 Å². The minimum atomic E-state index is 0. The SMILES string of the molecule is COc1c(C)c(C(=O)C[n+]2csc(C)c2C)c(OC)c2ccccc12.[Br-]. The first-order chi connectivity index (χ1) is 12.0. The summed E-state index contributed by atoms with van der Waals surface area (Å²) >= 11 is 1.65. The van der Waals surface area contributed by atoms with Gasteiger partial charge in [-0.15, -0.1) is 0 Å². The number of fused-ring (bicyclic) bond motifs is 1. The van der Waals surface area contributed by atoms with E-state index in [1.807, 2.05) is 48.2 Å². The average molecular weight is 436 g/mol. The van der Waals surface area contributed by atoms with E-state index < -0.39 is 0 Å². The smallest absolute Gasteiger partial charge is 0.231 e. The molecule has 6 heteroatoms. The minimum absolute atomic E-state index is 0. The third-order valence-corrected chi connectivity index (χ3v) is 5.67. The molecular weight excluding hydrogens is 414 g/mol. The van der Waals surface area contributed by atoms with E-state index in [-0.39, 0.29) is 29.3 Å². The maximum Gasteiger partial charge on any atom is 0.231 e. The van der Waals surface area contributed by atoms with Crippen molar-refractivity contribution in [1.82, 2.24) is 0 Å². The van der Waals surface area contributed by atoms with Crippen molar-refractivity contribution < 1.29 is 35.8 Å². The van der Waals surface area contributed by atoms with Crippen molar-refractivity contribution in [3.8, 4) is 11.5 Å². The van der Waals surface area contributed by atoms with Crippen molar-refractivity contribution in [2.45, 2.75) is 27.3 Å². The van der Waals surface area contributed by atoms with E-state index in [0.29, 0.717) is 11.3 Å². The van der Waals surface area contributed by atoms with E-state index in [1.54, 1.807) is 25.6 Å². The van der Waals surface area contributed by atoms with E-state index >= 15 is 0 Å². The molecule has 3 aromatic rings. The van der Waals surface area contributed by atoms with Crippen LogP contribution in [-0.2, 0) is 6.54 Å². The molecule has 26 heavy (non-hydrogen) atoms. The Kier molecular flexibility index (Phi) is 6.42. The molecule has 3 rings (SSSR count). The molecule has 0 spiro atoms. The Morgan fingerprint density at radius 1 is 1.04 bits per heavy atom. The summed E-state index contributed by atoms with van der Waals surface area (Å²) in [5.41, 5.74) is 4.51. The number of ether oxygens (including phenoxy) is 2. The molecule has 0 unspecified atom stereocenters. The Morgan fingerprint density at radius 3 is 2.12 bits per heavy atom. The summed E-state index contributed by atoms with van der Waals surface area (Å²) in [5, 5.41) is 1.84. The van der Waals surface area contributed by atoms with E-state index in [9.17, 15) is 4.79 Å². The molecule has 0 radical (unpaired) electrons. The van der Waals surface area contributed by atoms with Crippen LogP contribution in [0.4, 0.5) is 0 Å². The van der Waals surface area contributed by atoms with Crippen LogP contribution in [0.5, 0.6) is 11.5 Å². The Balaban J connectivity index is 0.00000243. The normalized spacial score (nSPS) is 10.5. The van der Waals surface area contributed by atoms with E-state index in [4.69, 9.17) is 9.47 Å². The third-order valence-electron chi connectivity index (χ3n) is 4.66. The first kappa shape index (κ1) is 20.4. The van der Waals surface area contributed by atoms with Crippen LogP contribution < -0.4 is 31.0 Å². The number of hydrogen-bond acceptors (Lipinski definition) is 4. The molecule has 0 bridgehead atoms. The lowest BCUT2D eigenvalue weighted by Gasteiger charge is -2.17. The van der Waals surface area contributed by atoms with Crippen LogP contribution in [-0.4, -0.2) is 20.0 Å². The topological polar surface area (TPSA) is 39.4 Å². The van der Waals surface area contributed by atoms with Crippen LogP contribution in [0.15, 0.2) is 29.8 Å². The average Bonchev–Trinajstić information content (AvgIpc) is 2.92. The number of benzene rings is 2. The number of ketones is 1. The van der Waals surface area contributed by atoms with Crippen molar-refractivity contribution >= 4 is 27.9 Å². The maximum absolute atomic E-state index is 13.1. The molecule has 0 saturated carbocycles. The first-order valence-corrected chi connectivity index (χ1v) is 8.98. The lowest BCUT2D eigenvalue weighted by Crippen LogP contribution is -3.00. The van der Waals surface area contributed by atoms with Crippen molar-refractivity contribution in [3.63, 3.8) is 0 Å². The number of aryl methyl sites for hydroxylation is 1. The van der Waals surface area contributed by atoms with Crippen LogP contribution >= 0.6 is 11.3 Å². The van der Waals surface area contributed by atoms with Gasteiger partial charge >= 0.3 is 0 Å². The van der Waals surface area contributed by atoms with Gasteiger partial charge in [-0.1, -0.05) is 35.6 Å². The summed E-state index contributed by atoms with van der Waals surface area (Å²) < 4.78 is 13.3. The third kappa shape index (κ3) is 3.35. The second kappa shape index (κ2) is 8.18. The Bertz CT molecular complexity index is 965. The Hall–Kier alpha value is -1.92. The van der Waals surface area contributed by atoms with E-state index in [1.165, 1.54) is 4.88 Å². The van der Waals surface area contributed by atoms with Crippen molar-refractivity contribution in [3.05, 3.63) is 51.5 Å². The molecule has 0 aliphatic rings. The van der Waals surface area contributed by atoms with Crippen LogP contribution in [0.3, 0.4) is 0 Å². The standard InChI is InChI=1S/C20H22NO3S.BrH/c1-12-18(17(22)10-21-11-25-14(3)13(21)2)20(24-5)16-9-7-6-8-15(16)19(12)23-4;/h6-9,11H,10H2,1-5H3;1H/q+1;/p-1. The molecule has 1 heterocycles. The van der Waals surface area contributed by atoms with Gasteiger partial charge in [0.05, 0.1) is 24.7 Å². The number of thiazole rings is 1. The molecule has 0 N–H and O–H groups in total. The molecule has 0 fully saturated rings. The number of halogens is 1. The highest BCUT2D eigenvalue weighted by atomic mass is 79.9. The quantitative estimate of drug-likeness (QED) is 0.443. The number of methoxy groups -OCH3 is 2. The molecule has 0 aliphatic carbocycles. The fourth-order valence-electron chi connectivity index (χ4n) is 3.21. The maximum atomic E-state index is 13.1. The van der Waals surface area contributed by atoms with E-state index in [0.717, 1.165) is 27.8 Å². The zero-order valence-electron chi connectivity index (χ0n) is 15.6. The van der Waals surface area contributed by atoms with Gasteiger partial charge in [0, 0.05) is 23.3 Å². The number of carbonyl (C=O) groups is 1. The fraction of sp³-hybridized carbons (Fsp3) is 0.300. The number of carbonyl (C=O) groups excluding carboxylic acids is 1. The summed E-state index contributed by atoms with van der Waals surface area (Å²) in [6.45, 7) is 6.29. The lowest BCUT2D eigenvalue weighted by atomic mass is 9.95. The zero-order valence-corrected chi connectivity index (χ0v) is 18.0. The number of Topliss-reactive ketones (excluding diaryl/α,β-unsaturated/α-hetero) is 1. The van der Waals surface area contributed by atoms with Gasteiger partial charge in [0.15, 0.2) is 5.69 Å². The number of aromatic nitrogens is 1. The molecule has 4 nitrogen and oxygen atoms in total. The van der Waals surface area contributed by atoms with Gasteiger partial charge in [-0.3, -0.25) is 4.79 Å². The van der Waals surface area contributed by atoms with Crippen LogP contribution in [0.25, 0.3) is 10.8 Å². The van der Waals surface area contributed by atoms with E-state index in [2.05, 4.69) is 6.92 Å². The second-order valence-corrected chi connectivity index (χ2v) is 7.09. The molecule has 0 amide bonds. The molecule has 0 atom stereocenters. The van der Waals surface area contributed by atoms with Gasteiger partial charge in [0.1, 0.15) is 11.5 Å². The van der Waals surface area contributed by atoms with Gasteiger partial charge in [-0.25, -0.2) is 0 Å². The Labute approximate surface area is 168 Å². The monoisotopic (exact) mass is 435 g/mol. The highest BCUT2D eigenvalue weighted by Crippen LogP contribution is 2.40. The number of hydrogen-bond donors (Lipinski definition) is 0. The first-order valence-electron chi connectivity index (χ1n) is 8.10. The van der Waals surface area contributed by atoms with Crippen LogP contribution in [0.2, 0.25) is 0 Å². The highest BCUT2D eigenvalue weighted by molar-refractivity contribution is 7.09. The van der Waals surface area contributed by atoms with Crippen LogP contribution in [0.1, 0.15) is 26.5 Å². The summed E-state index contributed by atoms with van der Waals surface area (Å²) in [7, 11) is 3.24.